The Labute approximate surface area is 100 Å². The summed E-state index contributed by atoms with van der Waals surface area (Å²) in [6, 6.07) is 3.79. The SMILES string of the molecule is CCNc1ncnc(NCc2ccco2)c1C. The molecular weight excluding hydrogens is 216 g/mol. The molecule has 0 aliphatic rings. The molecule has 0 aliphatic heterocycles. The monoisotopic (exact) mass is 232 g/mol. The summed E-state index contributed by atoms with van der Waals surface area (Å²) in [5.41, 5.74) is 1.01. The van der Waals surface area contributed by atoms with Crippen LogP contribution in [0.5, 0.6) is 0 Å². The van der Waals surface area contributed by atoms with E-state index in [1.54, 1.807) is 12.6 Å². The first-order valence-electron chi connectivity index (χ1n) is 5.63. The zero-order valence-electron chi connectivity index (χ0n) is 10.0. The van der Waals surface area contributed by atoms with Crippen LogP contribution in [0, 0.1) is 6.92 Å². The van der Waals surface area contributed by atoms with Crippen molar-refractivity contribution in [1.29, 1.82) is 0 Å². The summed E-state index contributed by atoms with van der Waals surface area (Å²) in [5.74, 6) is 2.57. The van der Waals surface area contributed by atoms with Crippen LogP contribution in [0.25, 0.3) is 0 Å². The molecule has 17 heavy (non-hydrogen) atoms. The number of anilines is 2. The van der Waals surface area contributed by atoms with Crippen LogP contribution < -0.4 is 10.6 Å². The van der Waals surface area contributed by atoms with Crippen LogP contribution >= 0.6 is 0 Å². The van der Waals surface area contributed by atoms with Gasteiger partial charge in [-0.1, -0.05) is 0 Å². The van der Waals surface area contributed by atoms with Gasteiger partial charge in [0.25, 0.3) is 0 Å². The van der Waals surface area contributed by atoms with Crippen molar-refractivity contribution in [3.8, 4) is 0 Å². The molecule has 2 aromatic heterocycles. The van der Waals surface area contributed by atoms with Gasteiger partial charge in [-0.3, -0.25) is 0 Å². The number of aromatic nitrogens is 2. The van der Waals surface area contributed by atoms with Gasteiger partial charge in [0.2, 0.25) is 0 Å². The first-order valence-corrected chi connectivity index (χ1v) is 5.63. The minimum Gasteiger partial charge on any atom is -0.467 e. The third-order valence-electron chi connectivity index (χ3n) is 2.44. The molecule has 0 aromatic carbocycles. The average molecular weight is 232 g/mol. The van der Waals surface area contributed by atoms with Gasteiger partial charge in [-0.05, 0) is 26.0 Å². The van der Waals surface area contributed by atoms with Gasteiger partial charge in [0.1, 0.15) is 23.7 Å². The molecule has 90 valence electrons. The van der Waals surface area contributed by atoms with E-state index in [0.717, 1.165) is 29.5 Å². The fourth-order valence-electron chi connectivity index (χ4n) is 1.56. The number of rotatable bonds is 5. The summed E-state index contributed by atoms with van der Waals surface area (Å²) < 4.78 is 5.25. The Bertz CT molecular complexity index is 467. The first kappa shape index (κ1) is 11.4. The number of hydrogen-bond donors (Lipinski definition) is 2. The van der Waals surface area contributed by atoms with E-state index < -0.39 is 0 Å². The van der Waals surface area contributed by atoms with Crippen molar-refractivity contribution in [3.05, 3.63) is 36.0 Å². The van der Waals surface area contributed by atoms with Crippen molar-refractivity contribution < 1.29 is 4.42 Å². The normalized spacial score (nSPS) is 10.2. The summed E-state index contributed by atoms with van der Waals surface area (Å²) in [5, 5.41) is 6.42. The van der Waals surface area contributed by atoms with Gasteiger partial charge in [0.15, 0.2) is 0 Å². The molecule has 0 saturated carbocycles. The lowest BCUT2D eigenvalue weighted by molar-refractivity contribution is 0.517. The Morgan fingerprint density at radius 3 is 2.65 bits per heavy atom. The second-order valence-electron chi connectivity index (χ2n) is 3.66. The maximum Gasteiger partial charge on any atom is 0.134 e. The van der Waals surface area contributed by atoms with Gasteiger partial charge in [-0.15, -0.1) is 0 Å². The van der Waals surface area contributed by atoms with Crippen LogP contribution in [0.1, 0.15) is 18.2 Å². The van der Waals surface area contributed by atoms with Crippen LogP contribution in [0.15, 0.2) is 29.1 Å². The lowest BCUT2D eigenvalue weighted by atomic mass is 10.3. The summed E-state index contributed by atoms with van der Waals surface area (Å²) in [6.45, 7) is 5.49. The number of nitrogens with zero attached hydrogens (tertiary/aromatic N) is 2. The molecule has 0 unspecified atom stereocenters. The standard InChI is InChI=1S/C12H16N4O/c1-3-13-11-9(2)12(16-8-15-11)14-7-10-5-4-6-17-10/h4-6,8H,3,7H2,1-2H3,(H2,13,14,15,16). The molecule has 5 heteroatoms. The molecule has 5 nitrogen and oxygen atoms in total. The maximum atomic E-state index is 5.25. The van der Waals surface area contributed by atoms with Crippen molar-refractivity contribution >= 4 is 11.6 Å². The highest BCUT2D eigenvalue weighted by atomic mass is 16.3. The topological polar surface area (TPSA) is 63.0 Å². The molecule has 0 radical (unpaired) electrons. The summed E-state index contributed by atoms with van der Waals surface area (Å²) in [6.07, 6.45) is 3.21. The van der Waals surface area contributed by atoms with Gasteiger partial charge >= 0.3 is 0 Å². The Balaban J connectivity index is 2.07. The molecule has 2 rings (SSSR count). The molecule has 0 amide bonds. The molecule has 2 N–H and O–H groups in total. The highest BCUT2D eigenvalue weighted by molar-refractivity contribution is 5.56. The van der Waals surface area contributed by atoms with E-state index in [-0.39, 0.29) is 0 Å². The predicted octanol–water partition coefficient (Wildman–Crippen LogP) is 2.42. The van der Waals surface area contributed by atoms with Gasteiger partial charge < -0.3 is 15.1 Å². The molecule has 2 aromatic rings. The van der Waals surface area contributed by atoms with Gasteiger partial charge in [-0.25, -0.2) is 9.97 Å². The quantitative estimate of drug-likeness (QED) is 0.829. The Morgan fingerprint density at radius 1 is 1.24 bits per heavy atom. The number of furan rings is 1. The zero-order valence-corrected chi connectivity index (χ0v) is 10.0. The minimum atomic E-state index is 0.621. The average Bonchev–Trinajstić information content (AvgIpc) is 2.83. The van der Waals surface area contributed by atoms with Crippen molar-refractivity contribution in [3.63, 3.8) is 0 Å². The third kappa shape index (κ3) is 2.75. The molecule has 0 bridgehead atoms. The maximum absolute atomic E-state index is 5.25. The predicted molar refractivity (Wildman–Crippen MR) is 67.0 cm³/mol. The number of nitrogens with one attached hydrogen (secondary N) is 2. The Hall–Kier alpha value is -2.04. The lowest BCUT2D eigenvalue weighted by Crippen LogP contribution is -2.07. The highest BCUT2D eigenvalue weighted by Crippen LogP contribution is 2.18. The highest BCUT2D eigenvalue weighted by Gasteiger charge is 2.06. The van der Waals surface area contributed by atoms with Gasteiger partial charge in [-0.2, -0.15) is 0 Å². The summed E-state index contributed by atoms with van der Waals surface area (Å²) in [7, 11) is 0. The third-order valence-corrected chi connectivity index (χ3v) is 2.44. The number of hydrogen-bond acceptors (Lipinski definition) is 5. The van der Waals surface area contributed by atoms with Crippen LogP contribution in [0.2, 0.25) is 0 Å². The second kappa shape index (κ2) is 5.34. The molecule has 0 spiro atoms. The molecule has 0 saturated heterocycles. The molecule has 0 aliphatic carbocycles. The smallest absolute Gasteiger partial charge is 0.134 e. The summed E-state index contributed by atoms with van der Waals surface area (Å²) >= 11 is 0. The minimum absolute atomic E-state index is 0.621. The van der Waals surface area contributed by atoms with E-state index >= 15 is 0 Å². The van der Waals surface area contributed by atoms with Crippen LogP contribution in [-0.2, 0) is 6.54 Å². The van der Waals surface area contributed by atoms with E-state index in [0.29, 0.717) is 6.54 Å². The fourth-order valence-corrected chi connectivity index (χ4v) is 1.56. The van der Waals surface area contributed by atoms with E-state index in [1.807, 2.05) is 26.0 Å². The van der Waals surface area contributed by atoms with Crippen LogP contribution in [-0.4, -0.2) is 16.5 Å². The van der Waals surface area contributed by atoms with Crippen molar-refractivity contribution in [2.24, 2.45) is 0 Å². The lowest BCUT2D eigenvalue weighted by Gasteiger charge is -2.10. The molecule has 0 fully saturated rings. The first-order chi connectivity index (χ1) is 8.31. The molecule has 2 heterocycles. The van der Waals surface area contributed by atoms with Crippen LogP contribution in [0.4, 0.5) is 11.6 Å². The van der Waals surface area contributed by atoms with Crippen LogP contribution in [0.3, 0.4) is 0 Å². The molecule has 0 atom stereocenters. The summed E-state index contributed by atoms with van der Waals surface area (Å²) in [4.78, 5) is 8.40. The fraction of sp³-hybridized carbons (Fsp3) is 0.333. The van der Waals surface area contributed by atoms with Gasteiger partial charge in [0.05, 0.1) is 12.8 Å². The largest absolute Gasteiger partial charge is 0.467 e. The van der Waals surface area contributed by atoms with Crippen molar-refractivity contribution in [2.45, 2.75) is 20.4 Å². The van der Waals surface area contributed by atoms with E-state index in [2.05, 4.69) is 20.6 Å². The van der Waals surface area contributed by atoms with E-state index in [4.69, 9.17) is 4.42 Å². The van der Waals surface area contributed by atoms with E-state index in [1.165, 1.54) is 0 Å². The Morgan fingerprint density at radius 2 is 2.00 bits per heavy atom. The van der Waals surface area contributed by atoms with Crippen molar-refractivity contribution in [2.75, 3.05) is 17.2 Å². The Kier molecular flexibility index (Phi) is 3.59. The second-order valence-corrected chi connectivity index (χ2v) is 3.66. The molecular formula is C12H16N4O. The van der Waals surface area contributed by atoms with Crippen molar-refractivity contribution in [1.82, 2.24) is 9.97 Å². The zero-order chi connectivity index (χ0) is 12.1. The van der Waals surface area contributed by atoms with Gasteiger partial charge in [0, 0.05) is 12.1 Å². The van der Waals surface area contributed by atoms with E-state index in [9.17, 15) is 0 Å².